The van der Waals surface area contributed by atoms with Gasteiger partial charge in [0.15, 0.2) is 18.2 Å². The van der Waals surface area contributed by atoms with Crippen LogP contribution in [0.5, 0.6) is 5.75 Å². The molecule has 1 aromatic rings. The molecule has 0 spiro atoms. The van der Waals surface area contributed by atoms with Gasteiger partial charge in [0.25, 0.3) is 5.91 Å². The summed E-state index contributed by atoms with van der Waals surface area (Å²) in [6.07, 6.45) is 2.14. The Morgan fingerprint density at radius 2 is 1.53 bits per heavy atom. The van der Waals surface area contributed by atoms with Crippen LogP contribution in [0.15, 0.2) is 46.9 Å². The van der Waals surface area contributed by atoms with E-state index in [-0.39, 0.29) is 34.9 Å². The van der Waals surface area contributed by atoms with Crippen LogP contribution < -0.4 is 4.74 Å². The van der Waals surface area contributed by atoms with E-state index < -0.39 is 5.92 Å². The second kappa shape index (κ2) is 9.18. The Kier molecular flexibility index (Phi) is 6.31. The van der Waals surface area contributed by atoms with E-state index >= 15 is 0 Å². The molecular weight excluding hydrogens is 458 g/mol. The molecule has 2 heterocycles. The molecule has 0 atom stereocenters. The standard InChI is InChI=1S/C29H35NO6/c1-28(2)13-20(31)26-22(15-28)36-23-16-29(3,4)14-21(32)27(23)25(26)18-6-5-7-19(12-18)35-17-24(33)30-8-10-34-11-9-30/h5-7,12,25H,8-11,13-17H2,1-4H3. The van der Waals surface area contributed by atoms with Crippen molar-refractivity contribution >= 4 is 17.5 Å². The number of carbonyl (C=O) groups excluding carboxylic acids is 3. The van der Waals surface area contributed by atoms with Gasteiger partial charge in [0, 0.05) is 55.8 Å². The lowest BCUT2D eigenvalue weighted by Gasteiger charge is -2.42. The van der Waals surface area contributed by atoms with E-state index in [0.717, 1.165) is 5.56 Å². The molecule has 2 aliphatic heterocycles. The van der Waals surface area contributed by atoms with Crippen molar-refractivity contribution in [3.05, 3.63) is 52.5 Å². The van der Waals surface area contributed by atoms with Crippen molar-refractivity contribution in [2.24, 2.45) is 10.8 Å². The van der Waals surface area contributed by atoms with Crippen molar-refractivity contribution in [2.75, 3.05) is 32.9 Å². The molecular formula is C29H35NO6. The quantitative estimate of drug-likeness (QED) is 0.621. The highest BCUT2D eigenvalue weighted by Crippen LogP contribution is 2.53. The zero-order valence-corrected chi connectivity index (χ0v) is 21.6. The van der Waals surface area contributed by atoms with Gasteiger partial charge in [-0.3, -0.25) is 14.4 Å². The molecule has 36 heavy (non-hydrogen) atoms. The lowest BCUT2D eigenvalue weighted by atomic mass is 9.65. The maximum atomic E-state index is 13.4. The van der Waals surface area contributed by atoms with Crippen LogP contribution in [0, 0.1) is 10.8 Å². The van der Waals surface area contributed by atoms with Gasteiger partial charge in [0.2, 0.25) is 0 Å². The fourth-order valence-corrected chi connectivity index (χ4v) is 5.84. The van der Waals surface area contributed by atoms with Crippen LogP contribution in [0.4, 0.5) is 0 Å². The van der Waals surface area contributed by atoms with Crippen LogP contribution >= 0.6 is 0 Å². The summed E-state index contributed by atoms with van der Waals surface area (Å²) in [4.78, 5) is 41.2. The van der Waals surface area contributed by atoms with Crippen molar-refractivity contribution in [2.45, 2.75) is 59.3 Å². The average molecular weight is 494 g/mol. The molecule has 4 aliphatic rings. The number of nitrogens with zero attached hydrogens (tertiary/aromatic N) is 1. The number of benzene rings is 1. The van der Waals surface area contributed by atoms with Crippen molar-refractivity contribution in [1.82, 2.24) is 4.90 Å². The number of ether oxygens (including phenoxy) is 3. The van der Waals surface area contributed by atoms with E-state index in [9.17, 15) is 14.4 Å². The summed E-state index contributed by atoms with van der Waals surface area (Å²) in [7, 11) is 0. The molecule has 0 saturated carbocycles. The zero-order valence-electron chi connectivity index (χ0n) is 21.6. The number of morpholine rings is 1. The summed E-state index contributed by atoms with van der Waals surface area (Å²) in [6, 6.07) is 7.45. The van der Waals surface area contributed by atoms with Gasteiger partial charge in [0.1, 0.15) is 17.3 Å². The molecule has 0 aromatic heterocycles. The highest BCUT2D eigenvalue weighted by Gasteiger charge is 2.47. The molecule has 0 radical (unpaired) electrons. The first-order valence-corrected chi connectivity index (χ1v) is 12.8. The molecule has 1 fully saturated rings. The Bertz CT molecular complexity index is 1120. The highest BCUT2D eigenvalue weighted by atomic mass is 16.5. The number of hydrogen-bond acceptors (Lipinski definition) is 6. The Morgan fingerprint density at radius 1 is 0.944 bits per heavy atom. The van der Waals surface area contributed by atoms with Gasteiger partial charge in [-0.25, -0.2) is 0 Å². The van der Waals surface area contributed by atoms with Crippen LogP contribution in [-0.4, -0.2) is 55.3 Å². The smallest absolute Gasteiger partial charge is 0.260 e. The Labute approximate surface area is 212 Å². The minimum Gasteiger partial charge on any atom is -0.484 e. The second-order valence-electron chi connectivity index (χ2n) is 11.9. The number of ketones is 2. The molecule has 1 amide bonds. The van der Waals surface area contributed by atoms with E-state index in [2.05, 4.69) is 27.7 Å². The van der Waals surface area contributed by atoms with Gasteiger partial charge < -0.3 is 19.1 Å². The van der Waals surface area contributed by atoms with Gasteiger partial charge in [-0.1, -0.05) is 39.8 Å². The third-order valence-corrected chi connectivity index (χ3v) is 7.50. The molecule has 1 aromatic carbocycles. The second-order valence-corrected chi connectivity index (χ2v) is 11.9. The van der Waals surface area contributed by atoms with E-state index in [4.69, 9.17) is 14.2 Å². The third-order valence-electron chi connectivity index (χ3n) is 7.50. The average Bonchev–Trinajstić information content (AvgIpc) is 2.80. The van der Waals surface area contributed by atoms with Crippen LogP contribution in [0.2, 0.25) is 0 Å². The molecule has 7 heteroatoms. The zero-order chi connectivity index (χ0) is 25.7. The Hall–Kier alpha value is -2.93. The molecule has 192 valence electrons. The molecule has 7 nitrogen and oxygen atoms in total. The summed E-state index contributed by atoms with van der Waals surface area (Å²) >= 11 is 0. The number of carbonyl (C=O) groups is 3. The van der Waals surface area contributed by atoms with Gasteiger partial charge in [-0.2, -0.15) is 0 Å². The lowest BCUT2D eigenvalue weighted by Crippen LogP contribution is -2.43. The molecule has 0 N–H and O–H groups in total. The first-order valence-electron chi connectivity index (χ1n) is 12.8. The summed E-state index contributed by atoms with van der Waals surface area (Å²) < 4.78 is 17.6. The van der Waals surface area contributed by atoms with Crippen LogP contribution in [0.25, 0.3) is 0 Å². The number of hydrogen-bond donors (Lipinski definition) is 0. The number of allylic oxidation sites excluding steroid dienone is 4. The number of rotatable bonds is 4. The molecule has 2 aliphatic carbocycles. The summed E-state index contributed by atoms with van der Waals surface area (Å²) in [6.45, 7) is 10.4. The maximum Gasteiger partial charge on any atom is 0.260 e. The highest BCUT2D eigenvalue weighted by molar-refractivity contribution is 6.06. The van der Waals surface area contributed by atoms with Gasteiger partial charge in [0.05, 0.1) is 13.2 Å². The summed E-state index contributed by atoms with van der Waals surface area (Å²) in [5.41, 5.74) is 1.62. The van der Waals surface area contributed by atoms with Crippen molar-refractivity contribution < 1.29 is 28.6 Å². The summed E-state index contributed by atoms with van der Waals surface area (Å²) in [5.74, 6) is 1.43. The predicted molar refractivity (Wildman–Crippen MR) is 133 cm³/mol. The van der Waals surface area contributed by atoms with Crippen LogP contribution in [0.1, 0.15) is 64.9 Å². The predicted octanol–water partition coefficient (Wildman–Crippen LogP) is 4.32. The third kappa shape index (κ3) is 4.85. The van der Waals surface area contributed by atoms with E-state index in [1.165, 1.54) is 0 Å². The number of Topliss-reactive ketones (excluding diaryl/α,β-unsaturated/α-hetero) is 2. The molecule has 5 rings (SSSR count). The van der Waals surface area contributed by atoms with Crippen molar-refractivity contribution in [1.29, 1.82) is 0 Å². The first-order chi connectivity index (χ1) is 17.0. The lowest BCUT2D eigenvalue weighted by molar-refractivity contribution is -0.137. The fourth-order valence-electron chi connectivity index (χ4n) is 5.84. The molecule has 0 unspecified atom stereocenters. The molecule has 1 saturated heterocycles. The number of amides is 1. The van der Waals surface area contributed by atoms with E-state index in [0.29, 0.717) is 80.4 Å². The van der Waals surface area contributed by atoms with E-state index in [1.807, 2.05) is 18.2 Å². The topological polar surface area (TPSA) is 82.1 Å². The van der Waals surface area contributed by atoms with Gasteiger partial charge in [-0.15, -0.1) is 0 Å². The van der Waals surface area contributed by atoms with Crippen LogP contribution in [0.3, 0.4) is 0 Å². The largest absolute Gasteiger partial charge is 0.484 e. The summed E-state index contributed by atoms with van der Waals surface area (Å²) in [5, 5.41) is 0. The van der Waals surface area contributed by atoms with Crippen LogP contribution in [-0.2, 0) is 23.9 Å². The minimum absolute atomic E-state index is 0.0317. The normalized spacial score (nSPS) is 23.7. The monoisotopic (exact) mass is 493 g/mol. The van der Waals surface area contributed by atoms with E-state index in [1.54, 1.807) is 11.0 Å². The van der Waals surface area contributed by atoms with Gasteiger partial charge in [-0.05, 0) is 28.5 Å². The van der Waals surface area contributed by atoms with Crippen molar-refractivity contribution in [3.63, 3.8) is 0 Å². The van der Waals surface area contributed by atoms with Crippen molar-refractivity contribution in [3.8, 4) is 5.75 Å². The first kappa shape index (κ1) is 24.8. The Balaban J connectivity index is 1.48. The SMILES string of the molecule is CC1(C)CC(=O)C2=C(C1)OC1=C(C(=O)CC(C)(C)C1)C2c1cccc(OCC(=O)N2CCOCC2)c1. The Morgan fingerprint density at radius 3 is 2.11 bits per heavy atom. The maximum absolute atomic E-state index is 13.4. The minimum atomic E-state index is -0.477. The van der Waals surface area contributed by atoms with Gasteiger partial charge >= 0.3 is 0 Å². The fraction of sp³-hybridized carbons (Fsp3) is 0.552. The molecule has 0 bridgehead atoms.